The van der Waals surface area contributed by atoms with Crippen LogP contribution in [0.15, 0.2) is 36.4 Å². The minimum atomic E-state index is -0.430. The van der Waals surface area contributed by atoms with Gasteiger partial charge >= 0.3 is 0 Å². The molecule has 7 nitrogen and oxygen atoms in total. The van der Waals surface area contributed by atoms with E-state index in [2.05, 4.69) is 10.6 Å². The van der Waals surface area contributed by atoms with Crippen LogP contribution >= 0.6 is 0 Å². The van der Waals surface area contributed by atoms with Crippen LogP contribution in [-0.2, 0) is 19.2 Å². The smallest absolute Gasteiger partial charge is 0.244 e. The molecule has 2 atom stereocenters. The summed E-state index contributed by atoms with van der Waals surface area (Å²) < 4.78 is 0. The van der Waals surface area contributed by atoms with Crippen molar-refractivity contribution in [3.8, 4) is 0 Å². The zero-order valence-electron chi connectivity index (χ0n) is 13.8. The van der Waals surface area contributed by atoms with Gasteiger partial charge in [-0.25, -0.2) is 0 Å². The summed E-state index contributed by atoms with van der Waals surface area (Å²) in [4.78, 5) is 48.9. The van der Waals surface area contributed by atoms with Gasteiger partial charge in [0.05, 0.1) is 11.8 Å². The molecule has 1 aliphatic heterocycles. The van der Waals surface area contributed by atoms with E-state index >= 15 is 0 Å². The number of likely N-dealkylation sites (tertiary alicyclic amines) is 1. The molecule has 0 spiro atoms. The molecule has 4 amide bonds. The number of carbonyl (C=O) groups is 4. The van der Waals surface area contributed by atoms with E-state index in [1.54, 1.807) is 24.3 Å². The summed E-state index contributed by atoms with van der Waals surface area (Å²) in [5.74, 6) is -1.81. The Balaban J connectivity index is 1.60. The molecular formula is C18H19N3O4. The van der Waals surface area contributed by atoms with Crippen molar-refractivity contribution < 1.29 is 19.2 Å². The molecule has 1 aliphatic carbocycles. The molecule has 1 heterocycles. The molecule has 3 rings (SSSR count). The topological polar surface area (TPSA) is 95.6 Å². The lowest BCUT2D eigenvalue weighted by Gasteiger charge is -2.14. The van der Waals surface area contributed by atoms with Gasteiger partial charge in [-0.15, -0.1) is 0 Å². The molecule has 1 saturated heterocycles. The predicted molar refractivity (Wildman–Crippen MR) is 91.4 cm³/mol. The third-order valence-electron chi connectivity index (χ3n) is 4.39. The zero-order valence-corrected chi connectivity index (χ0v) is 13.8. The molecule has 1 aromatic carbocycles. The van der Waals surface area contributed by atoms with Gasteiger partial charge in [0.25, 0.3) is 0 Å². The first-order chi connectivity index (χ1) is 12.0. The fourth-order valence-electron chi connectivity index (χ4n) is 3.21. The van der Waals surface area contributed by atoms with Crippen LogP contribution < -0.4 is 10.6 Å². The molecule has 0 radical (unpaired) electrons. The number of carbonyl (C=O) groups excluding carboxylic acids is 4. The highest BCUT2D eigenvalue weighted by Crippen LogP contribution is 2.34. The Morgan fingerprint density at radius 3 is 1.92 bits per heavy atom. The van der Waals surface area contributed by atoms with E-state index in [0.717, 1.165) is 4.90 Å². The molecule has 25 heavy (non-hydrogen) atoms. The zero-order chi connectivity index (χ0) is 18.0. The van der Waals surface area contributed by atoms with Crippen LogP contribution in [0.5, 0.6) is 0 Å². The van der Waals surface area contributed by atoms with Gasteiger partial charge in [-0.3, -0.25) is 24.1 Å². The van der Waals surface area contributed by atoms with E-state index in [9.17, 15) is 19.2 Å². The van der Waals surface area contributed by atoms with Gasteiger partial charge in [-0.1, -0.05) is 12.2 Å². The number of nitrogens with one attached hydrogen (secondary N) is 2. The first kappa shape index (κ1) is 16.9. The largest absolute Gasteiger partial charge is 0.326 e. The molecule has 130 valence electrons. The second-order valence-electron chi connectivity index (χ2n) is 6.23. The lowest BCUT2D eigenvalue weighted by atomic mass is 9.85. The van der Waals surface area contributed by atoms with Crippen molar-refractivity contribution >= 4 is 35.0 Å². The summed E-state index contributed by atoms with van der Waals surface area (Å²) in [5.41, 5.74) is 1.14. The fourth-order valence-corrected chi connectivity index (χ4v) is 3.21. The van der Waals surface area contributed by atoms with E-state index in [-0.39, 0.29) is 36.1 Å². The standard InChI is InChI=1S/C18H19N3O4/c1-11(22)19-12-6-8-13(9-7-12)20-16(23)10-21-17(24)14-4-2-3-5-15(14)18(21)25/h2-3,6-9,14-15H,4-5,10H2,1H3,(H,19,22)(H,20,23)/t14-,15+. The Labute approximate surface area is 145 Å². The number of hydrogen-bond acceptors (Lipinski definition) is 4. The van der Waals surface area contributed by atoms with Gasteiger partial charge < -0.3 is 10.6 Å². The van der Waals surface area contributed by atoms with Crippen molar-refractivity contribution in [1.29, 1.82) is 0 Å². The quantitative estimate of drug-likeness (QED) is 0.641. The van der Waals surface area contributed by atoms with Gasteiger partial charge in [0.15, 0.2) is 0 Å². The van der Waals surface area contributed by atoms with E-state index in [4.69, 9.17) is 0 Å². The second-order valence-corrected chi connectivity index (χ2v) is 6.23. The van der Waals surface area contributed by atoms with Crippen molar-refractivity contribution in [2.24, 2.45) is 11.8 Å². The number of amides is 4. The molecule has 1 aromatic rings. The number of imide groups is 1. The third kappa shape index (κ3) is 3.60. The Morgan fingerprint density at radius 2 is 1.44 bits per heavy atom. The SMILES string of the molecule is CC(=O)Nc1ccc(NC(=O)CN2C(=O)[C@H]3CC=CC[C@H]3C2=O)cc1. The number of benzene rings is 1. The van der Waals surface area contributed by atoms with E-state index < -0.39 is 5.91 Å². The van der Waals surface area contributed by atoms with Crippen molar-refractivity contribution in [3.63, 3.8) is 0 Å². The number of fused-ring (bicyclic) bond motifs is 1. The van der Waals surface area contributed by atoms with Gasteiger partial charge in [0, 0.05) is 18.3 Å². The molecule has 0 aromatic heterocycles. The van der Waals surface area contributed by atoms with Gasteiger partial charge in [0.2, 0.25) is 23.6 Å². The Hall–Kier alpha value is -2.96. The Bertz CT molecular complexity index is 728. The van der Waals surface area contributed by atoms with E-state index in [1.165, 1.54) is 6.92 Å². The molecule has 0 bridgehead atoms. The maximum Gasteiger partial charge on any atom is 0.244 e. The summed E-state index contributed by atoms with van der Waals surface area (Å²) >= 11 is 0. The van der Waals surface area contributed by atoms with Crippen LogP contribution in [0.1, 0.15) is 19.8 Å². The molecular weight excluding hydrogens is 322 g/mol. The molecule has 2 aliphatic rings. The highest BCUT2D eigenvalue weighted by molar-refractivity contribution is 6.08. The lowest BCUT2D eigenvalue weighted by Crippen LogP contribution is -2.38. The van der Waals surface area contributed by atoms with Crippen LogP contribution in [0.4, 0.5) is 11.4 Å². The highest BCUT2D eigenvalue weighted by atomic mass is 16.2. The van der Waals surface area contributed by atoms with Crippen LogP contribution in [0.25, 0.3) is 0 Å². The van der Waals surface area contributed by atoms with Crippen LogP contribution in [0, 0.1) is 11.8 Å². The summed E-state index contributed by atoms with van der Waals surface area (Å²) in [5, 5.41) is 5.29. The minimum absolute atomic E-state index is 0.182. The van der Waals surface area contributed by atoms with Crippen LogP contribution in [-0.4, -0.2) is 35.1 Å². The van der Waals surface area contributed by atoms with Crippen molar-refractivity contribution in [2.75, 3.05) is 17.2 Å². The lowest BCUT2D eigenvalue weighted by molar-refractivity contribution is -0.142. The number of hydrogen-bond donors (Lipinski definition) is 2. The summed E-state index contributed by atoms with van der Waals surface area (Å²) in [6.45, 7) is 1.13. The van der Waals surface area contributed by atoms with Gasteiger partial charge in [-0.2, -0.15) is 0 Å². The minimum Gasteiger partial charge on any atom is -0.326 e. The fraction of sp³-hybridized carbons (Fsp3) is 0.333. The molecule has 0 unspecified atom stereocenters. The van der Waals surface area contributed by atoms with Crippen LogP contribution in [0.3, 0.4) is 0 Å². The predicted octanol–water partition coefficient (Wildman–Crippen LogP) is 1.53. The third-order valence-corrected chi connectivity index (χ3v) is 4.39. The second kappa shape index (κ2) is 6.88. The molecule has 0 saturated carbocycles. The first-order valence-corrected chi connectivity index (χ1v) is 8.13. The van der Waals surface area contributed by atoms with E-state index in [0.29, 0.717) is 24.2 Å². The van der Waals surface area contributed by atoms with Crippen molar-refractivity contribution in [3.05, 3.63) is 36.4 Å². The summed E-state index contributed by atoms with van der Waals surface area (Å²) in [6, 6.07) is 6.59. The number of anilines is 2. The van der Waals surface area contributed by atoms with Crippen molar-refractivity contribution in [1.82, 2.24) is 4.90 Å². The maximum atomic E-state index is 12.3. The van der Waals surface area contributed by atoms with Crippen LogP contribution in [0.2, 0.25) is 0 Å². The number of allylic oxidation sites excluding steroid dienone is 2. The summed E-state index contributed by atoms with van der Waals surface area (Å²) in [7, 11) is 0. The Morgan fingerprint density at radius 1 is 0.960 bits per heavy atom. The monoisotopic (exact) mass is 341 g/mol. The van der Waals surface area contributed by atoms with Gasteiger partial charge in [0.1, 0.15) is 6.54 Å². The average molecular weight is 341 g/mol. The van der Waals surface area contributed by atoms with Crippen molar-refractivity contribution in [2.45, 2.75) is 19.8 Å². The molecule has 7 heteroatoms. The normalized spacial score (nSPS) is 21.9. The molecule has 2 N–H and O–H groups in total. The highest BCUT2D eigenvalue weighted by Gasteiger charge is 2.47. The van der Waals surface area contributed by atoms with E-state index in [1.807, 2.05) is 12.2 Å². The Kier molecular flexibility index (Phi) is 4.65. The maximum absolute atomic E-state index is 12.3. The summed E-state index contributed by atoms with van der Waals surface area (Å²) in [6.07, 6.45) is 4.93. The molecule has 1 fully saturated rings. The number of rotatable bonds is 4. The number of nitrogens with zero attached hydrogens (tertiary/aromatic N) is 1. The average Bonchev–Trinajstić information content (AvgIpc) is 2.82. The first-order valence-electron chi connectivity index (χ1n) is 8.13. The van der Waals surface area contributed by atoms with Gasteiger partial charge in [-0.05, 0) is 37.1 Å².